The SMILES string of the molecule is C=C/C=C(\C=C/N)COC(=O)N(C)CCO. The van der Waals surface area contributed by atoms with Crippen LogP contribution in [0.25, 0.3) is 0 Å². The summed E-state index contributed by atoms with van der Waals surface area (Å²) in [5.74, 6) is 0. The summed E-state index contributed by atoms with van der Waals surface area (Å²) < 4.78 is 4.98. The zero-order valence-electron chi connectivity index (χ0n) is 9.43. The summed E-state index contributed by atoms with van der Waals surface area (Å²) in [4.78, 5) is 12.6. The predicted molar refractivity (Wildman–Crippen MR) is 62.7 cm³/mol. The number of aliphatic hydroxyl groups excluding tert-OH is 1. The van der Waals surface area contributed by atoms with Crippen LogP contribution in [0.1, 0.15) is 0 Å². The van der Waals surface area contributed by atoms with Crippen molar-refractivity contribution in [2.24, 2.45) is 5.73 Å². The number of aliphatic hydroxyl groups is 1. The number of rotatable bonds is 6. The van der Waals surface area contributed by atoms with Crippen molar-refractivity contribution < 1.29 is 14.6 Å². The molecule has 0 bridgehead atoms. The standard InChI is InChI=1S/C11H18N2O3/c1-3-4-10(5-6-12)9-16-11(15)13(2)7-8-14/h3-6,14H,1,7-9,12H2,2H3/b6-5-,10-4+. The number of hydrogen-bond donors (Lipinski definition) is 2. The van der Waals surface area contributed by atoms with Gasteiger partial charge in [0.25, 0.3) is 0 Å². The summed E-state index contributed by atoms with van der Waals surface area (Å²) in [7, 11) is 1.55. The quantitative estimate of drug-likeness (QED) is 0.651. The molecule has 5 heteroatoms. The van der Waals surface area contributed by atoms with Crippen molar-refractivity contribution in [1.29, 1.82) is 0 Å². The Hall–Kier alpha value is -1.75. The van der Waals surface area contributed by atoms with E-state index >= 15 is 0 Å². The van der Waals surface area contributed by atoms with E-state index in [1.54, 1.807) is 25.3 Å². The molecule has 0 aliphatic heterocycles. The number of likely N-dealkylation sites (N-methyl/N-ethyl adjacent to an activating group) is 1. The van der Waals surface area contributed by atoms with Crippen LogP contribution in [0.3, 0.4) is 0 Å². The molecule has 16 heavy (non-hydrogen) atoms. The maximum atomic E-state index is 11.3. The summed E-state index contributed by atoms with van der Waals surface area (Å²) in [6.07, 6.45) is 5.78. The molecule has 0 radical (unpaired) electrons. The minimum atomic E-state index is -0.491. The number of nitrogens with zero attached hydrogens (tertiary/aromatic N) is 1. The lowest BCUT2D eigenvalue weighted by Gasteiger charge is -2.15. The number of carbonyl (C=O) groups is 1. The topological polar surface area (TPSA) is 75.8 Å². The molecule has 0 spiro atoms. The third-order valence-electron chi connectivity index (χ3n) is 1.75. The normalized spacial score (nSPS) is 11.5. The molecule has 0 aliphatic rings. The first-order chi connectivity index (χ1) is 7.65. The number of allylic oxidation sites excluding steroid dienone is 2. The first-order valence-corrected chi connectivity index (χ1v) is 4.84. The maximum Gasteiger partial charge on any atom is 0.409 e. The number of hydrogen-bond acceptors (Lipinski definition) is 4. The van der Waals surface area contributed by atoms with Gasteiger partial charge >= 0.3 is 6.09 Å². The molecule has 5 nitrogen and oxygen atoms in total. The molecule has 0 aromatic heterocycles. The Morgan fingerprint density at radius 2 is 2.31 bits per heavy atom. The van der Waals surface area contributed by atoms with Crippen molar-refractivity contribution >= 4 is 6.09 Å². The van der Waals surface area contributed by atoms with E-state index in [2.05, 4.69) is 6.58 Å². The van der Waals surface area contributed by atoms with E-state index in [0.29, 0.717) is 0 Å². The molecule has 0 unspecified atom stereocenters. The smallest absolute Gasteiger partial charge is 0.409 e. The van der Waals surface area contributed by atoms with E-state index in [-0.39, 0.29) is 19.8 Å². The Morgan fingerprint density at radius 1 is 1.62 bits per heavy atom. The van der Waals surface area contributed by atoms with Crippen molar-refractivity contribution in [1.82, 2.24) is 4.90 Å². The Labute approximate surface area is 95.5 Å². The van der Waals surface area contributed by atoms with Gasteiger partial charge in [0.15, 0.2) is 0 Å². The van der Waals surface area contributed by atoms with Crippen molar-refractivity contribution in [2.75, 3.05) is 26.8 Å². The highest BCUT2D eigenvalue weighted by Crippen LogP contribution is 2.00. The largest absolute Gasteiger partial charge is 0.445 e. The predicted octanol–water partition coefficient (Wildman–Crippen LogP) is 0.632. The van der Waals surface area contributed by atoms with Crippen LogP contribution in [-0.2, 0) is 4.74 Å². The maximum absolute atomic E-state index is 11.3. The zero-order valence-corrected chi connectivity index (χ0v) is 9.43. The Kier molecular flexibility index (Phi) is 7.61. The van der Waals surface area contributed by atoms with Crippen molar-refractivity contribution in [3.63, 3.8) is 0 Å². The lowest BCUT2D eigenvalue weighted by atomic mass is 10.2. The molecule has 0 rings (SSSR count). The minimum Gasteiger partial charge on any atom is -0.445 e. The molecule has 90 valence electrons. The number of nitrogens with two attached hydrogens (primary N) is 1. The lowest BCUT2D eigenvalue weighted by molar-refractivity contribution is 0.112. The fourth-order valence-electron chi connectivity index (χ4n) is 0.923. The van der Waals surface area contributed by atoms with Gasteiger partial charge in [-0.05, 0) is 17.8 Å². The number of amides is 1. The second-order valence-corrected chi connectivity index (χ2v) is 3.04. The van der Waals surface area contributed by atoms with Crippen LogP contribution in [0.5, 0.6) is 0 Å². The average molecular weight is 226 g/mol. The van der Waals surface area contributed by atoms with Crippen LogP contribution in [0.15, 0.2) is 36.6 Å². The third kappa shape index (κ3) is 5.87. The molecule has 0 fully saturated rings. The lowest BCUT2D eigenvalue weighted by Crippen LogP contribution is -2.30. The van der Waals surface area contributed by atoms with Crippen LogP contribution >= 0.6 is 0 Å². The Balaban J connectivity index is 4.15. The van der Waals surface area contributed by atoms with Gasteiger partial charge < -0.3 is 20.5 Å². The molecule has 0 saturated carbocycles. The van der Waals surface area contributed by atoms with Gasteiger partial charge in [0.2, 0.25) is 0 Å². The van der Waals surface area contributed by atoms with Crippen LogP contribution in [0.4, 0.5) is 4.79 Å². The zero-order chi connectivity index (χ0) is 12.4. The average Bonchev–Trinajstić information content (AvgIpc) is 2.26. The summed E-state index contributed by atoms with van der Waals surface area (Å²) in [6, 6.07) is 0. The molecule has 0 aromatic rings. The monoisotopic (exact) mass is 226 g/mol. The third-order valence-corrected chi connectivity index (χ3v) is 1.75. The van der Waals surface area contributed by atoms with E-state index in [0.717, 1.165) is 5.57 Å². The second-order valence-electron chi connectivity index (χ2n) is 3.04. The van der Waals surface area contributed by atoms with E-state index in [9.17, 15) is 4.79 Å². The highest BCUT2D eigenvalue weighted by Gasteiger charge is 2.08. The van der Waals surface area contributed by atoms with Gasteiger partial charge in [0, 0.05) is 13.6 Å². The van der Waals surface area contributed by atoms with Crippen LogP contribution in [0, 0.1) is 0 Å². The van der Waals surface area contributed by atoms with Gasteiger partial charge in [0.05, 0.1) is 6.61 Å². The highest BCUT2D eigenvalue weighted by molar-refractivity contribution is 5.67. The summed E-state index contributed by atoms with van der Waals surface area (Å²) in [6.45, 7) is 3.81. The van der Waals surface area contributed by atoms with Crippen molar-refractivity contribution in [2.45, 2.75) is 0 Å². The molecule has 0 atom stereocenters. The van der Waals surface area contributed by atoms with E-state index < -0.39 is 6.09 Å². The van der Waals surface area contributed by atoms with Gasteiger partial charge in [-0.1, -0.05) is 18.7 Å². The number of carbonyl (C=O) groups excluding carboxylic acids is 1. The minimum absolute atomic E-state index is 0.0936. The summed E-state index contributed by atoms with van der Waals surface area (Å²) in [5, 5.41) is 8.63. The molecule has 0 saturated heterocycles. The molecular weight excluding hydrogens is 208 g/mol. The molecule has 1 amide bonds. The Bertz CT molecular complexity index is 285. The molecule has 0 heterocycles. The molecular formula is C11H18N2O3. The van der Waals surface area contributed by atoms with Gasteiger partial charge in [-0.25, -0.2) is 4.79 Å². The fraction of sp³-hybridized carbons (Fsp3) is 0.364. The van der Waals surface area contributed by atoms with Crippen LogP contribution in [0.2, 0.25) is 0 Å². The van der Waals surface area contributed by atoms with Crippen LogP contribution in [-0.4, -0.2) is 42.9 Å². The molecule has 3 N–H and O–H groups in total. The fourth-order valence-corrected chi connectivity index (χ4v) is 0.923. The van der Waals surface area contributed by atoms with E-state index in [1.807, 2.05) is 0 Å². The van der Waals surface area contributed by atoms with Gasteiger partial charge in [-0.15, -0.1) is 0 Å². The summed E-state index contributed by atoms with van der Waals surface area (Å²) in [5.41, 5.74) is 5.97. The second kappa shape index (κ2) is 8.55. The van der Waals surface area contributed by atoms with E-state index in [4.69, 9.17) is 15.6 Å². The van der Waals surface area contributed by atoms with Crippen molar-refractivity contribution in [3.8, 4) is 0 Å². The van der Waals surface area contributed by atoms with Crippen molar-refractivity contribution in [3.05, 3.63) is 36.6 Å². The van der Waals surface area contributed by atoms with Gasteiger partial charge in [0.1, 0.15) is 6.61 Å². The first-order valence-electron chi connectivity index (χ1n) is 4.84. The van der Waals surface area contributed by atoms with E-state index in [1.165, 1.54) is 11.1 Å². The first kappa shape index (κ1) is 14.2. The van der Waals surface area contributed by atoms with Gasteiger partial charge in [-0.2, -0.15) is 0 Å². The van der Waals surface area contributed by atoms with Crippen LogP contribution < -0.4 is 5.73 Å². The molecule has 0 aliphatic carbocycles. The van der Waals surface area contributed by atoms with Gasteiger partial charge in [-0.3, -0.25) is 0 Å². The highest BCUT2D eigenvalue weighted by atomic mass is 16.6. The number of ether oxygens (including phenoxy) is 1. The Morgan fingerprint density at radius 3 is 2.81 bits per heavy atom. The molecule has 0 aromatic carbocycles. The summed E-state index contributed by atoms with van der Waals surface area (Å²) >= 11 is 0.